The van der Waals surface area contributed by atoms with Crippen molar-refractivity contribution >= 4 is 22.1 Å². The first-order valence-corrected chi connectivity index (χ1v) is 14.0. The molecular formula is C28H30N4O5S. The molecule has 10 heteroatoms. The SMILES string of the molecule is COc1cc(OC)c2c(=O)[nH]c(-c3ccc(OCCN4CCCC4)c(-c4ccc([S+](C)[O-])cc4)n3)nc2c1. The van der Waals surface area contributed by atoms with Crippen LogP contribution >= 0.6 is 0 Å². The maximum absolute atomic E-state index is 13.0. The number of nitrogens with one attached hydrogen (secondary N) is 1. The number of aromatic nitrogens is 3. The third-order valence-electron chi connectivity index (χ3n) is 6.63. The molecule has 5 rings (SSSR count). The maximum atomic E-state index is 13.0. The molecule has 0 aliphatic carbocycles. The lowest BCUT2D eigenvalue weighted by Gasteiger charge is -2.17. The van der Waals surface area contributed by atoms with Crippen molar-refractivity contribution in [2.45, 2.75) is 17.7 Å². The number of rotatable bonds is 9. The molecule has 0 saturated carbocycles. The largest absolute Gasteiger partial charge is 0.612 e. The molecule has 1 fully saturated rings. The normalized spacial score (nSPS) is 14.5. The van der Waals surface area contributed by atoms with E-state index in [0.717, 1.165) is 30.1 Å². The summed E-state index contributed by atoms with van der Waals surface area (Å²) in [5, 5.41) is 0.335. The van der Waals surface area contributed by atoms with Gasteiger partial charge in [-0.15, -0.1) is 0 Å². The standard InChI is InChI=1S/C28H30N4O5S/c1-35-19-16-22-25(24(17-19)36-2)28(33)31-27(30-22)21-10-11-23(37-15-14-32-12-4-5-13-32)26(29-21)18-6-8-20(9-7-18)38(3)34/h6-11,16-17H,4-5,12-15H2,1-3H3,(H,30,31,33). The van der Waals surface area contributed by atoms with E-state index in [1.807, 2.05) is 30.3 Å². The van der Waals surface area contributed by atoms with Gasteiger partial charge in [0.2, 0.25) is 0 Å². The zero-order valence-electron chi connectivity index (χ0n) is 21.7. The van der Waals surface area contributed by atoms with E-state index in [2.05, 4.69) is 14.9 Å². The highest BCUT2D eigenvalue weighted by Gasteiger charge is 2.18. The van der Waals surface area contributed by atoms with Crippen LogP contribution < -0.4 is 19.8 Å². The summed E-state index contributed by atoms with van der Waals surface area (Å²) in [5.74, 6) is 1.85. The Balaban J connectivity index is 1.55. The third kappa shape index (κ3) is 5.47. The van der Waals surface area contributed by atoms with Gasteiger partial charge in [0, 0.05) is 24.2 Å². The molecule has 1 saturated heterocycles. The van der Waals surface area contributed by atoms with Crippen LogP contribution in [0, 0.1) is 0 Å². The molecule has 38 heavy (non-hydrogen) atoms. The lowest BCUT2D eigenvalue weighted by atomic mass is 10.1. The summed E-state index contributed by atoms with van der Waals surface area (Å²) in [6.07, 6.45) is 4.09. The summed E-state index contributed by atoms with van der Waals surface area (Å²) in [5.41, 5.74) is 2.00. The van der Waals surface area contributed by atoms with E-state index in [1.165, 1.54) is 20.0 Å². The van der Waals surface area contributed by atoms with Crippen LogP contribution in [-0.4, -0.2) is 71.1 Å². The second-order valence-corrected chi connectivity index (χ2v) is 10.4. The Morgan fingerprint density at radius 2 is 1.76 bits per heavy atom. The molecule has 1 aliphatic heterocycles. The minimum absolute atomic E-state index is 0.314. The molecule has 0 radical (unpaired) electrons. The van der Waals surface area contributed by atoms with Crippen LogP contribution in [0.1, 0.15) is 12.8 Å². The molecule has 1 aliphatic rings. The van der Waals surface area contributed by atoms with E-state index in [-0.39, 0.29) is 5.56 Å². The number of H-pyrrole nitrogens is 1. The van der Waals surface area contributed by atoms with Crippen molar-refractivity contribution in [3.63, 3.8) is 0 Å². The number of likely N-dealkylation sites (tertiary alicyclic amines) is 1. The number of methoxy groups -OCH3 is 2. The van der Waals surface area contributed by atoms with Crippen LogP contribution in [0.5, 0.6) is 17.2 Å². The zero-order valence-corrected chi connectivity index (χ0v) is 22.5. The predicted octanol–water partition coefficient (Wildman–Crippen LogP) is 3.88. The highest BCUT2D eigenvalue weighted by atomic mass is 32.2. The number of fused-ring (bicyclic) bond motifs is 1. The highest BCUT2D eigenvalue weighted by Crippen LogP contribution is 2.33. The van der Waals surface area contributed by atoms with Gasteiger partial charge in [-0.2, -0.15) is 0 Å². The minimum atomic E-state index is -1.09. The first-order chi connectivity index (χ1) is 18.5. The molecule has 198 valence electrons. The zero-order chi connectivity index (χ0) is 26.6. The maximum Gasteiger partial charge on any atom is 0.262 e. The monoisotopic (exact) mass is 534 g/mol. The van der Waals surface area contributed by atoms with Gasteiger partial charge in [-0.3, -0.25) is 9.69 Å². The fraction of sp³-hybridized carbons (Fsp3) is 0.321. The van der Waals surface area contributed by atoms with E-state index in [4.69, 9.17) is 19.2 Å². The van der Waals surface area contributed by atoms with Gasteiger partial charge >= 0.3 is 0 Å². The topological polar surface area (TPSA) is 113 Å². The summed E-state index contributed by atoms with van der Waals surface area (Å²) < 4.78 is 28.8. The van der Waals surface area contributed by atoms with Crippen molar-refractivity contribution < 1.29 is 18.8 Å². The number of hydrogen-bond donors (Lipinski definition) is 1. The van der Waals surface area contributed by atoms with Crippen LogP contribution in [0.2, 0.25) is 0 Å². The summed E-state index contributed by atoms with van der Waals surface area (Å²) in [6.45, 7) is 3.58. The molecule has 0 spiro atoms. The molecule has 1 unspecified atom stereocenters. The Bertz CT molecular complexity index is 1480. The molecule has 0 bridgehead atoms. The van der Waals surface area contributed by atoms with E-state index in [0.29, 0.717) is 52.0 Å². The van der Waals surface area contributed by atoms with Gasteiger partial charge in [-0.25, -0.2) is 9.97 Å². The molecule has 0 amide bonds. The molecule has 9 nitrogen and oxygen atoms in total. The summed E-state index contributed by atoms with van der Waals surface area (Å²) >= 11 is -1.09. The number of aromatic amines is 1. The summed E-state index contributed by atoms with van der Waals surface area (Å²) in [4.78, 5) is 28.5. The van der Waals surface area contributed by atoms with Crippen LogP contribution in [0.3, 0.4) is 0 Å². The van der Waals surface area contributed by atoms with E-state index in [1.54, 1.807) is 31.6 Å². The number of pyridine rings is 1. The molecule has 4 aromatic rings. The van der Waals surface area contributed by atoms with Crippen molar-refractivity contribution in [1.82, 2.24) is 19.9 Å². The van der Waals surface area contributed by atoms with Crippen molar-refractivity contribution in [3.05, 3.63) is 58.9 Å². The van der Waals surface area contributed by atoms with Gasteiger partial charge in [0.1, 0.15) is 46.9 Å². The van der Waals surface area contributed by atoms with Crippen molar-refractivity contribution in [2.24, 2.45) is 0 Å². The third-order valence-corrected chi connectivity index (χ3v) is 7.56. The van der Waals surface area contributed by atoms with Gasteiger partial charge in [-0.05, 0) is 73.5 Å². The van der Waals surface area contributed by atoms with Crippen molar-refractivity contribution in [1.29, 1.82) is 0 Å². The average Bonchev–Trinajstić information content (AvgIpc) is 3.46. The quantitative estimate of drug-likeness (QED) is 0.322. The molecular weight excluding hydrogens is 504 g/mol. The van der Waals surface area contributed by atoms with E-state index in [9.17, 15) is 9.35 Å². The second kappa shape index (κ2) is 11.4. The average molecular weight is 535 g/mol. The smallest absolute Gasteiger partial charge is 0.262 e. The molecule has 3 heterocycles. The fourth-order valence-electron chi connectivity index (χ4n) is 4.61. The van der Waals surface area contributed by atoms with Gasteiger partial charge < -0.3 is 23.7 Å². The number of nitrogens with zero attached hydrogens (tertiary/aromatic N) is 3. The van der Waals surface area contributed by atoms with Gasteiger partial charge in [-0.1, -0.05) is 0 Å². The molecule has 1 N–H and O–H groups in total. The highest BCUT2D eigenvalue weighted by molar-refractivity contribution is 7.90. The van der Waals surface area contributed by atoms with Crippen LogP contribution in [0.25, 0.3) is 33.7 Å². The van der Waals surface area contributed by atoms with E-state index >= 15 is 0 Å². The van der Waals surface area contributed by atoms with Crippen molar-refractivity contribution in [2.75, 3.05) is 46.7 Å². The van der Waals surface area contributed by atoms with Gasteiger partial charge in [0.05, 0.1) is 19.7 Å². The Labute approximate surface area is 224 Å². The van der Waals surface area contributed by atoms with Crippen LogP contribution in [0.15, 0.2) is 58.2 Å². The van der Waals surface area contributed by atoms with Crippen molar-refractivity contribution in [3.8, 4) is 40.0 Å². The fourth-order valence-corrected chi connectivity index (χ4v) is 5.13. The number of ether oxygens (including phenoxy) is 3. The lowest BCUT2D eigenvalue weighted by molar-refractivity contribution is 0.238. The lowest BCUT2D eigenvalue weighted by Crippen LogP contribution is -2.25. The van der Waals surface area contributed by atoms with Crippen LogP contribution in [0.4, 0.5) is 0 Å². The Kier molecular flexibility index (Phi) is 7.82. The van der Waals surface area contributed by atoms with Gasteiger partial charge in [0.25, 0.3) is 5.56 Å². The Morgan fingerprint density at radius 1 is 1.00 bits per heavy atom. The first kappa shape index (κ1) is 26.0. The van der Waals surface area contributed by atoms with E-state index < -0.39 is 11.2 Å². The Hall–Kier alpha value is -3.60. The van der Waals surface area contributed by atoms with Gasteiger partial charge in [0.15, 0.2) is 10.7 Å². The summed E-state index contributed by atoms with van der Waals surface area (Å²) in [6, 6.07) is 14.4. The Morgan fingerprint density at radius 3 is 2.45 bits per heavy atom. The minimum Gasteiger partial charge on any atom is -0.612 e. The molecule has 1 atom stereocenters. The van der Waals surface area contributed by atoms with Crippen LogP contribution in [-0.2, 0) is 11.2 Å². The molecule has 2 aromatic heterocycles. The first-order valence-electron chi connectivity index (χ1n) is 12.4. The number of benzene rings is 2. The summed E-state index contributed by atoms with van der Waals surface area (Å²) in [7, 11) is 3.04. The second-order valence-electron chi connectivity index (χ2n) is 9.06. The predicted molar refractivity (Wildman–Crippen MR) is 148 cm³/mol. The molecule has 2 aromatic carbocycles. The number of hydrogen-bond acceptors (Lipinski definition) is 8.